The summed E-state index contributed by atoms with van der Waals surface area (Å²) in [5.74, 6) is 0.0602. The Labute approximate surface area is 135 Å². The van der Waals surface area contributed by atoms with Gasteiger partial charge in [0.05, 0.1) is 18.0 Å². The van der Waals surface area contributed by atoms with Crippen LogP contribution in [-0.4, -0.2) is 34.9 Å². The third-order valence-corrected chi connectivity index (χ3v) is 5.32. The third kappa shape index (κ3) is 3.36. The van der Waals surface area contributed by atoms with Crippen molar-refractivity contribution in [2.24, 2.45) is 0 Å². The average Bonchev–Trinajstić information content (AvgIpc) is 3.06. The largest absolute Gasteiger partial charge is 0.317 e. The van der Waals surface area contributed by atoms with Gasteiger partial charge in [-0.25, -0.2) is 4.90 Å². The molecule has 3 rings (SSSR count). The highest BCUT2D eigenvalue weighted by molar-refractivity contribution is 8.26. The van der Waals surface area contributed by atoms with E-state index in [-0.39, 0.29) is 5.91 Å². The van der Waals surface area contributed by atoms with Gasteiger partial charge in [-0.2, -0.15) is 0 Å². The van der Waals surface area contributed by atoms with Gasteiger partial charge >= 0.3 is 0 Å². The summed E-state index contributed by atoms with van der Waals surface area (Å²) in [5, 5.41) is 0. The van der Waals surface area contributed by atoms with Gasteiger partial charge in [0.2, 0.25) is 0 Å². The number of rotatable bonds is 3. The number of hydrogen-bond donors (Lipinski definition) is 1. The Morgan fingerprint density at radius 3 is 2.62 bits per heavy atom. The Morgan fingerprint density at radius 1 is 1.29 bits per heavy atom. The molecule has 2 aliphatic heterocycles. The molecule has 21 heavy (non-hydrogen) atoms. The molecule has 5 heteroatoms. The molecule has 0 unspecified atom stereocenters. The lowest BCUT2D eigenvalue weighted by atomic mass is 10.1. The van der Waals surface area contributed by atoms with E-state index in [9.17, 15) is 4.79 Å². The summed E-state index contributed by atoms with van der Waals surface area (Å²) >= 11 is 6.80. The highest BCUT2D eigenvalue weighted by Crippen LogP contribution is 2.31. The van der Waals surface area contributed by atoms with Crippen LogP contribution in [0.2, 0.25) is 0 Å². The maximum absolute atomic E-state index is 12.5. The summed E-state index contributed by atoms with van der Waals surface area (Å²) in [7, 11) is 0. The fourth-order valence-corrected chi connectivity index (χ4v) is 3.96. The first kappa shape index (κ1) is 14.8. The van der Waals surface area contributed by atoms with Crippen LogP contribution in [-0.2, 0) is 4.79 Å². The minimum atomic E-state index is 0.0602. The molecule has 2 aliphatic rings. The van der Waals surface area contributed by atoms with Gasteiger partial charge in [0.1, 0.15) is 0 Å². The molecule has 2 heterocycles. The number of benzene rings is 1. The monoisotopic (exact) mass is 319 g/mol. The second-order valence-corrected chi connectivity index (χ2v) is 7.31. The van der Waals surface area contributed by atoms with E-state index in [0.717, 1.165) is 30.2 Å². The zero-order chi connectivity index (χ0) is 14.8. The number of nitrogens with zero attached hydrogens (tertiary/aromatic N) is 1. The summed E-state index contributed by atoms with van der Waals surface area (Å²) in [6.45, 7) is 5.07. The molecule has 0 spiro atoms. The van der Waals surface area contributed by atoms with Gasteiger partial charge in [0, 0.05) is 12.8 Å². The van der Waals surface area contributed by atoms with Crippen LogP contribution in [0.5, 0.6) is 0 Å². The van der Waals surface area contributed by atoms with Crippen molar-refractivity contribution < 1.29 is 9.69 Å². The zero-order valence-electron chi connectivity index (χ0n) is 12.1. The van der Waals surface area contributed by atoms with E-state index < -0.39 is 0 Å². The Morgan fingerprint density at radius 2 is 1.95 bits per heavy atom. The van der Waals surface area contributed by atoms with Crippen LogP contribution in [0, 0.1) is 6.92 Å². The third-order valence-electron chi connectivity index (χ3n) is 3.94. The minimum Gasteiger partial charge on any atom is -0.317 e. The topological polar surface area (TPSA) is 24.8 Å². The molecule has 0 bridgehead atoms. The summed E-state index contributed by atoms with van der Waals surface area (Å²) < 4.78 is 0.692. The number of thioether (sulfide) groups is 1. The average molecular weight is 319 g/mol. The normalized spacial score (nSPS) is 21.8. The fourth-order valence-electron chi connectivity index (χ4n) is 2.71. The van der Waals surface area contributed by atoms with Crippen molar-refractivity contribution >= 4 is 40.3 Å². The minimum absolute atomic E-state index is 0.0602. The molecule has 2 fully saturated rings. The first-order valence-corrected chi connectivity index (χ1v) is 8.51. The lowest BCUT2D eigenvalue weighted by Gasteiger charge is -2.19. The number of quaternary nitrogens is 1. The van der Waals surface area contributed by atoms with Crippen molar-refractivity contribution in [2.75, 3.05) is 19.8 Å². The highest BCUT2D eigenvalue weighted by atomic mass is 32.2. The standard InChI is InChI=1S/C16H18N2OS2/c1-12-4-6-13(7-5-12)10-14-15(19)18(16(20)21-14)11-17-8-2-3-9-17/h4-7,10H,2-3,8-9,11H2,1H3/p+1. The van der Waals surface area contributed by atoms with Crippen molar-refractivity contribution in [3.05, 3.63) is 40.3 Å². The molecular weight excluding hydrogens is 300 g/mol. The number of thiocarbonyl (C=S) groups is 1. The lowest BCUT2D eigenvalue weighted by molar-refractivity contribution is -0.894. The van der Waals surface area contributed by atoms with Gasteiger partial charge < -0.3 is 4.90 Å². The second-order valence-electron chi connectivity index (χ2n) is 5.64. The van der Waals surface area contributed by atoms with Crippen LogP contribution in [0.3, 0.4) is 0 Å². The SMILES string of the molecule is Cc1ccc(C=C2SC(=S)N(C[NH+]3CCCC3)C2=O)cc1. The van der Waals surface area contributed by atoms with E-state index in [4.69, 9.17) is 12.2 Å². The van der Waals surface area contributed by atoms with Crippen LogP contribution in [0.25, 0.3) is 6.08 Å². The molecule has 2 saturated heterocycles. The smallest absolute Gasteiger partial charge is 0.270 e. The molecule has 3 nitrogen and oxygen atoms in total. The molecule has 1 aromatic rings. The number of likely N-dealkylation sites (tertiary alicyclic amines) is 1. The van der Waals surface area contributed by atoms with E-state index in [1.807, 2.05) is 18.2 Å². The highest BCUT2D eigenvalue weighted by Gasteiger charge is 2.35. The van der Waals surface area contributed by atoms with Gasteiger partial charge in [-0.1, -0.05) is 53.8 Å². The van der Waals surface area contributed by atoms with Crippen molar-refractivity contribution in [1.29, 1.82) is 0 Å². The summed E-state index contributed by atoms with van der Waals surface area (Å²) in [6, 6.07) is 8.18. The molecule has 0 radical (unpaired) electrons. The van der Waals surface area contributed by atoms with Crippen molar-refractivity contribution in [3.8, 4) is 0 Å². The fraction of sp³-hybridized carbons (Fsp3) is 0.375. The number of aryl methyl sites for hydroxylation is 1. The van der Waals surface area contributed by atoms with Crippen LogP contribution in [0.4, 0.5) is 0 Å². The zero-order valence-corrected chi connectivity index (χ0v) is 13.7. The molecule has 1 aromatic carbocycles. The number of carbonyl (C=O) groups is 1. The van der Waals surface area contributed by atoms with Crippen molar-refractivity contribution in [1.82, 2.24) is 4.90 Å². The van der Waals surface area contributed by atoms with Crippen molar-refractivity contribution in [2.45, 2.75) is 19.8 Å². The number of hydrogen-bond acceptors (Lipinski definition) is 3. The Hall–Kier alpha value is -1.17. The summed E-state index contributed by atoms with van der Waals surface area (Å²) in [4.78, 5) is 16.5. The maximum atomic E-state index is 12.5. The Kier molecular flexibility index (Phi) is 4.42. The van der Waals surface area contributed by atoms with Gasteiger partial charge in [-0.3, -0.25) is 4.79 Å². The van der Waals surface area contributed by atoms with E-state index in [1.165, 1.54) is 35.1 Å². The maximum Gasteiger partial charge on any atom is 0.270 e. The predicted octanol–water partition coefficient (Wildman–Crippen LogP) is 1.83. The van der Waals surface area contributed by atoms with E-state index in [1.54, 1.807) is 4.90 Å². The molecule has 0 atom stereocenters. The van der Waals surface area contributed by atoms with Crippen LogP contribution < -0.4 is 4.90 Å². The quantitative estimate of drug-likeness (QED) is 0.680. The van der Waals surface area contributed by atoms with E-state index in [2.05, 4.69) is 19.1 Å². The lowest BCUT2D eigenvalue weighted by Crippen LogP contribution is -3.11. The second kappa shape index (κ2) is 6.30. The molecule has 0 aromatic heterocycles. The van der Waals surface area contributed by atoms with Crippen LogP contribution >= 0.6 is 24.0 Å². The Bertz CT molecular complexity index is 589. The molecule has 110 valence electrons. The summed E-state index contributed by atoms with van der Waals surface area (Å²) in [5.41, 5.74) is 2.27. The van der Waals surface area contributed by atoms with Gasteiger partial charge in [-0.05, 0) is 18.6 Å². The molecule has 0 aliphatic carbocycles. The van der Waals surface area contributed by atoms with Gasteiger partial charge in [-0.15, -0.1) is 0 Å². The van der Waals surface area contributed by atoms with Crippen LogP contribution in [0.1, 0.15) is 24.0 Å². The number of nitrogens with one attached hydrogen (secondary N) is 1. The summed E-state index contributed by atoms with van der Waals surface area (Å²) in [6.07, 6.45) is 4.45. The molecule has 1 amide bonds. The van der Waals surface area contributed by atoms with E-state index in [0.29, 0.717) is 4.32 Å². The first-order valence-electron chi connectivity index (χ1n) is 7.29. The van der Waals surface area contributed by atoms with Crippen molar-refractivity contribution in [3.63, 3.8) is 0 Å². The van der Waals surface area contributed by atoms with E-state index >= 15 is 0 Å². The first-order chi connectivity index (χ1) is 10.1. The van der Waals surface area contributed by atoms with Crippen LogP contribution in [0.15, 0.2) is 29.2 Å². The van der Waals surface area contributed by atoms with Gasteiger partial charge in [0.15, 0.2) is 11.0 Å². The Balaban J connectivity index is 1.74. The molecule has 1 N–H and O–H groups in total. The molecular formula is C16H19N2OS2+. The number of amides is 1. The number of carbonyl (C=O) groups excluding carboxylic acids is 1. The van der Waals surface area contributed by atoms with Gasteiger partial charge in [0.25, 0.3) is 5.91 Å². The molecule has 0 saturated carbocycles. The predicted molar refractivity (Wildman–Crippen MR) is 91.0 cm³/mol.